The van der Waals surface area contributed by atoms with E-state index in [1.54, 1.807) is 0 Å². The minimum atomic E-state index is -0.360. The zero-order valence-electron chi connectivity index (χ0n) is 21.2. The van der Waals surface area contributed by atoms with Crippen molar-refractivity contribution in [3.05, 3.63) is 28.0 Å². The zero-order chi connectivity index (χ0) is 24.5. The Hall–Kier alpha value is -1.66. The van der Waals surface area contributed by atoms with Crippen LogP contribution in [0.1, 0.15) is 105 Å². The Kier molecular flexibility index (Phi) is 7.88. The normalized spacial score (nSPS) is 31.1. The molecule has 6 heteroatoms. The Bertz CT molecular complexity index is 904. The summed E-state index contributed by atoms with van der Waals surface area (Å²) in [5, 5.41) is 10.1. The van der Waals surface area contributed by atoms with Gasteiger partial charge in [-0.1, -0.05) is 32.9 Å². The maximum absolute atomic E-state index is 14.1. The monoisotopic (exact) mass is 487 g/mol. The SMILES string of the molecule is COC(=O)c1sc(C2CC=CCC2(C)C)cc1N(C(=O)C1CCC(C)CC1)C1CCC(O)CC1. The molecule has 1 aromatic heterocycles. The molecule has 0 spiro atoms. The van der Waals surface area contributed by atoms with Gasteiger partial charge < -0.3 is 14.7 Å². The van der Waals surface area contributed by atoms with Gasteiger partial charge in [-0.2, -0.15) is 0 Å². The number of carbonyl (C=O) groups is 2. The Labute approximate surface area is 208 Å². The van der Waals surface area contributed by atoms with Gasteiger partial charge in [-0.3, -0.25) is 4.79 Å². The summed E-state index contributed by atoms with van der Waals surface area (Å²) in [6.45, 7) is 6.84. The molecule has 1 unspecified atom stereocenters. The maximum atomic E-state index is 14.1. The number of aliphatic hydroxyl groups is 1. The second kappa shape index (κ2) is 10.5. The molecule has 1 N–H and O–H groups in total. The van der Waals surface area contributed by atoms with Crippen molar-refractivity contribution >= 4 is 28.9 Å². The van der Waals surface area contributed by atoms with E-state index in [4.69, 9.17) is 4.74 Å². The molecule has 1 heterocycles. The first-order valence-electron chi connectivity index (χ1n) is 13.1. The van der Waals surface area contributed by atoms with Crippen LogP contribution in [0.15, 0.2) is 18.2 Å². The number of anilines is 1. The van der Waals surface area contributed by atoms with Crippen molar-refractivity contribution in [3.8, 4) is 0 Å². The summed E-state index contributed by atoms with van der Waals surface area (Å²) in [5.74, 6) is 0.778. The van der Waals surface area contributed by atoms with Crippen LogP contribution < -0.4 is 4.90 Å². The van der Waals surface area contributed by atoms with E-state index in [9.17, 15) is 14.7 Å². The van der Waals surface area contributed by atoms with Crippen LogP contribution in [-0.2, 0) is 9.53 Å². The second-order valence-electron chi connectivity index (χ2n) is 11.4. The quantitative estimate of drug-likeness (QED) is 0.382. The second-order valence-corrected chi connectivity index (χ2v) is 12.5. The van der Waals surface area contributed by atoms with Crippen LogP contribution in [-0.4, -0.2) is 36.2 Å². The van der Waals surface area contributed by atoms with Crippen molar-refractivity contribution in [2.75, 3.05) is 12.0 Å². The number of hydrogen-bond acceptors (Lipinski definition) is 5. The van der Waals surface area contributed by atoms with Gasteiger partial charge in [0, 0.05) is 22.8 Å². The predicted molar refractivity (Wildman–Crippen MR) is 137 cm³/mol. The number of allylic oxidation sites excluding steroid dienone is 2. The lowest BCUT2D eigenvalue weighted by Gasteiger charge is -2.39. The Morgan fingerprint density at radius 3 is 2.35 bits per heavy atom. The number of esters is 1. The van der Waals surface area contributed by atoms with E-state index in [0.717, 1.165) is 61.9 Å². The van der Waals surface area contributed by atoms with Gasteiger partial charge in [0.25, 0.3) is 0 Å². The molecule has 3 aliphatic carbocycles. The van der Waals surface area contributed by atoms with E-state index in [1.807, 2.05) is 4.90 Å². The van der Waals surface area contributed by atoms with E-state index >= 15 is 0 Å². The lowest BCUT2D eigenvalue weighted by Crippen LogP contribution is -2.47. The van der Waals surface area contributed by atoms with E-state index in [1.165, 1.54) is 18.4 Å². The molecule has 0 bridgehead atoms. The lowest BCUT2D eigenvalue weighted by molar-refractivity contribution is -0.124. The van der Waals surface area contributed by atoms with E-state index in [2.05, 4.69) is 39.0 Å². The highest BCUT2D eigenvalue weighted by Gasteiger charge is 2.39. The van der Waals surface area contributed by atoms with Gasteiger partial charge in [-0.05, 0) is 81.6 Å². The third-order valence-electron chi connectivity index (χ3n) is 8.46. The zero-order valence-corrected chi connectivity index (χ0v) is 22.0. The predicted octanol–water partition coefficient (Wildman–Crippen LogP) is 6.46. The van der Waals surface area contributed by atoms with Crippen molar-refractivity contribution in [3.63, 3.8) is 0 Å². The molecule has 1 aromatic rings. The van der Waals surface area contributed by atoms with E-state index < -0.39 is 0 Å². The minimum Gasteiger partial charge on any atom is -0.465 e. The van der Waals surface area contributed by atoms with Gasteiger partial charge in [0.1, 0.15) is 4.88 Å². The Morgan fingerprint density at radius 1 is 1.06 bits per heavy atom. The van der Waals surface area contributed by atoms with Crippen LogP contribution in [0, 0.1) is 17.3 Å². The third-order valence-corrected chi connectivity index (χ3v) is 9.68. The van der Waals surface area contributed by atoms with Crippen molar-refractivity contribution in [1.29, 1.82) is 0 Å². The summed E-state index contributed by atoms with van der Waals surface area (Å²) in [6.07, 6.45) is 13.0. The molecule has 1 amide bonds. The van der Waals surface area contributed by atoms with Crippen molar-refractivity contribution in [1.82, 2.24) is 0 Å². The summed E-state index contributed by atoms with van der Waals surface area (Å²) >= 11 is 1.51. The van der Waals surface area contributed by atoms with Crippen molar-refractivity contribution < 1.29 is 19.4 Å². The van der Waals surface area contributed by atoms with Gasteiger partial charge in [0.05, 0.1) is 18.9 Å². The summed E-state index contributed by atoms with van der Waals surface area (Å²) in [4.78, 5) is 30.7. The van der Waals surface area contributed by atoms with Crippen LogP contribution in [0.2, 0.25) is 0 Å². The molecule has 1 atom stereocenters. The number of amides is 1. The maximum Gasteiger partial charge on any atom is 0.350 e. The molecular formula is C28H41NO4S. The highest BCUT2D eigenvalue weighted by Crippen LogP contribution is 2.49. The number of hydrogen-bond donors (Lipinski definition) is 1. The van der Waals surface area contributed by atoms with Crippen LogP contribution in [0.5, 0.6) is 0 Å². The number of nitrogens with zero attached hydrogens (tertiary/aromatic N) is 1. The fourth-order valence-corrected chi connectivity index (χ4v) is 7.48. The first-order chi connectivity index (χ1) is 16.2. The smallest absolute Gasteiger partial charge is 0.350 e. The molecular weight excluding hydrogens is 446 g/mol. The number of methoxy groups -OCH3 is 1. The Morgan fingerprint density at radius 2 is 1.74 bits per heavy atom. The average molecular weight is 488 g/mol. The van der Waals surface area contributed by atoms with Crippen LogP contribution >= 0.6 is 11.3 Å². The van der Waals surface area contributed by atoms with E-state index in [-0.39, 0.29) is 35.4 Å². The summed E-state index contributed by atoms with van der Waals surface area (Å²) in [5.41, 5.74) is 0.829. The molecule has 3 aliphatic rings. The highest BCUT2D eigenvalue weighted by atomic mass is 32.1. The molecule has 188 valence electrons. The fourth-order valence-electron chi connectivity index (χ4n) is 6.09. The minimum absolute atomic E-state index is 0.00551. The van der Waals surface area contributed by atoms with Gasteiger partial charge >= 0.3 is 5.97 Å². The van der Waals surface area contributed by atoms with Crippen molar-refractivity contribution in [2.45, 2.75) is 103 Å². The van der Waals surface area contributed by atoms with Crippen LogP contribution in [0.25, 0.3) is 0 Å². The van der Waals surface area contributed by atoms with Gasteiger partial charge in [0.2, 0.25) is 5.91 Å². The molecule has 4 rings (SSSR count). The number of ether oxygens (including phenoxy) is 1. The summed E-state index contributed by atoms with van der Waals surface area (Å²) < 4.78 is 5.20. The number of rotatable bonds is 5. The summed E-state index contributed by atoms with van der Waals surface area (Å²) in [6, 6.07) is 2.14. The lowest BCUT2D eigenvalue weighted by atomic mass is 9.71. The Balaban J connectivity index is 1.74. The fraction of sp³-hybridized carbons (Fsp3) is 0.714. The van der Waals surface area contributed by atoms with Crippen molar-refractivity contribution in [2.24, 2.45) is 17.3 Å². The van der Waals surface area contributed by atoms with Gasteiger partial charge in [-0.15, -0.1) is 11.3 Å². The van der Waals surface area contributed by atoms with E-state index in [0.29, 0.717) is 29.6 Å². The average Bonchev–Trinajstić information content (AvgIpc) is 3.24. The molecule has 2 saturated carbocycles. The third kappa shape index (κ3) is 5.28. The number of carbonyl (C=O) groups excluding carboxylic acids is 2. The standard InChI is InChI=1S/C28H41NO4S/c1-18-8-10-19(11-9-18)26(31)29(20-12-14-21(30)15-13-20)23-17-24(34-25(23)27(32)33-4)22-7-5-6-16-28(22,2)3/h5-6,17-22,30H,7-16H2,1-4H3. The number of thiophene rings is 1. The molecule has 0 aromatic carbocycles. The summed E-state index contributed by atoms with van der Waals surface area (Å²) in [7, 11) is 1.42. The largest absolute Gasteiger partial charge is 0.465 e. The molecule has 5 nitrogen and oxygen atoms in total. The first kappa shape index (κ1) is 25.4. The number of aliphatic hydroxyl groups excluding tert-OH is 1. The highest BCUT2D eigenvalue weighted by molar-refractivity contribution is 7.14. The molecule has 0 aliphatic heterocycles. The molecule has 0 radical (unpaired) electrons. The molecule has 34 heavy (non-hydrogen) atoms. The van der Waals surface area contributed by atoms with Crippen LogP contribution in [0.3, 0.4) is 0 Å². The molecule has 2 fully saturated rings. The van der Waals surface area contributed by atoms with Crippen LogP contribution in [0.4, 0.5) is 5.69 Å². The van der Waals surface area contributed by atoms with Gasteiger partial charge in [-0.25, -0.2) is 4.79 Å². The first-order valence-corrected chi connectivity index (χ1v) is 13.9. The topological polar surface area (TPSA) is 66.8 Å². The van der Waals surface area contributed by atoms with Gasteiger partial charge in [0.15, 0.2) is 0 Å². The molecule has 0 saturated heterocycles.